The Morgan fingerprint density at radius 3 is 2.91 bits per heavy atom. The van der Waals surface area contributed by atoms with Crippen molar-refractivity contribution in [1.29, 1.82) is 0 Å². The Labute approximate surface area is 133 Å². The molecule has 1 aliphatic heterocycles. The fourth-order valence-electron chi connectivity index (χ4n) is 2.94. The minimum absolute atomic E-state index is 0.115. The zero-order valence-corrected chi connectivity index (χ0v) is 13.6. The second kappa shape index (κ2) is 5.00. The van der Waals surface area contributed by atoms with Gasteiger partial charge < -0.3 is 5.32 Å². The molecule has 1 unspecified atom stereocenters. The zero-order valence-electron chi connectivity index (χ0n) is 13.6. The summed E-state index contributed by atoms with van der Waals surface area (Å²) >= 11 is 0. The van der Waals surface area contributed by atoms with Crippen LogP contribution >= 0.6 is 0 Å². The lowest BCUT2D eigenvalue weighted by atomic mass is 9.96. The molecule has 23 heavy (non-hydrogen) atoms. The second-order valence-corrected chi connectivity index (χ2v) is 6.94. The molecule has 1 aliphatic rings. The number of rotatable bonds is 2. The Bertz CT molecular complexity index is 841. The van der Waals surface area contributed by atoms with Crippen molar-refractivity contribution in [3.05, 3.63) is 30.1 Å². The minimum atomic E-state index is -0.115. The SMILES string of the molecule is CC(C)(C)c1nnc2ccc(NC3CCCn4ncnc43)nn12. The summed E-state index contributed by atoms with van der Waals surface area (Å²) in [5, 5.41) is 20.9. The summed E-state index contributed by atoms with van der Waals surface area (Å²) in [6.45, 7) is 7.25. The van der Waals surface area contributed by atoms with Crippen LogP contribution in [0.3, 0.4) is 0 Å². The molecule has 0 amide bonds. The van der Waals surface area contributed by atoms with E-state index >= 15 is 0 Å². The van der Waals surface area contributed by atoms with E-state index < -0.39 is 0 Å². The first-order valence-electron chi connectivity index (χ1n) is 7.89. The van der Waals surface area contributed by atoms with Crippen LogP contribution in [0, 0.1) is 0 Å². The van der Waals surface area contributed by atoms with Gasteiger partial charge in [0.1, 0.15) is 18.0 Å². The average Bonchev–Trinajstić information content (AvgIpc) is 3.13. The summed E-state index contributed by atoms with van der Waals surface area (Å²) in [5.74, 6) is 2.62. The fraction of sp³-hybridized carbons (Fsp3) is 0.533. The lowest BCUT2D eigenvalue weighted by Gasteiger charge is -2.23. The van der Waals surface area contributed by atoms with Gasteiger partial charge in [-0.15, -0.1) is 15.3 Å². The molecule has 1 N–H and O–H groups in total. The molecule has 0 saturated heterocycles. The van der Waals surface area contributed by atoms with Crippen LogP contribution in [0.5, 0.6) is 0 Å². The lowest BCUT2D eigenvalue weighted by molar-refractivity contribution is 0.436. The van der Waals surface area contributed by atoms with E-state index in [0.717, 1.165) is 42.5 Å². The third-order valence-electron chi connectivity index (χ3n) is 4.08. The highest BCUT2D eigenvalue weighted by Gasteiger charge is 2.24. The van der Waals surface area contributed by atoms with Crippen molar-refractivity contribution >= 4 is 11.5 Å². The monoisotopic (exact) mass is 312 g/mol. The molecule has 0 bridgehead atoms. The summed E-state index contributed by atoms with van der Waals surface area (Å²) in [5.41, 5.74) is 0.642. The van der Waals surface area contributed by atoms with Gasteiger partial charge in [0.2, 0.25) is 0 Å². The number of hydrogen-bond donors (Lipinski definition) is 1. The van der Waals surface area contributed by atoms with E-state index in [9.17, 15) is 0 Å². The molecule has 4 rings (SSSR count). The fourth-order valence-corrected chi connectivity index (χ4v) is 2.94. The topological polar surface area (TPSA) is 85.8 Å². The van der Waals surface area contributed by atoms with E-state index in [-0.39, 0.29) is 11.5 Å². The van der Waals surface area contributed by atoms with E-state index in [1.807, 2.05) is 21.3 Å². The largest absolute Gasteiger partial charge is 0.359 e. The molecular formula is C15H20N8. The van der Waals surface area contributed by atoms with Crippen molar-refractivity contribution in [2.75, 3.05) is 5.32 Å². The first-order chi connectivity index (χ1) is 11.0. The Kier molecular flexibility index (Phi) is 3.07. The highest BCUT2D eigenvalue weighted by Crippen LogP contribution is 2.26. The summed E-state index contributed by atoms with van der Waals surface area (Å²) in [7, 11) is 0. The van der Waals surface area contributed by atoms with Crippen molar-refractivity contribution in [3.63, 3.8) is 0 Å². The van der Waals surface area contributed by atoms with Gasteiger partial charge in [-0.1, -0.05) is 20.8 Å². The van der Waals surface area contributed by atoms with Crippen molar-refractivity contribution in [2.24, 2.45) is 0 Å². The number of aromatic nitrogens is 7. The number of fused-ring (bicyclic) bond motifs is 2. The number of aryl methyl sites for hydroxylation is 1. The first kappa shape index (κ1) is 14.1. The van der Waals surface area contributed by atoms with Gasteiger partial charge in [-0.05, 0) is 25.0 Å². The summed E-state index contributed by atoms with van der Waals surface area (Å²) in [6.07, 6.45) is 3.71. The maximum absolute atomic E-state index is 4.68. The number of nitrogens with one attached hydrogen (secondary N) is 1. The molecule has 0 spiro atoms. The summed E-state index contributed by atoms with van der Waals surface area (Å²) in [6, 6.07) is 4.00. The van der Waals surface area contributed by atoms with Crippen LogP contribution < -0.4 is 5.32 Å². The quantitative estimate of drug-likeness (QED) is 0.778. The van der Waals surface area contributed by atoms with Crippen LogP contribution in [-0.4, -0.2) is 34.6 Å². The van der Waals surface area contributed by atoms with E-state index in [4.69, 9.17) is 0 Å². The van der Waals surface area contributed by atoms with Crippen molar-refractivity contribution in [1.82, 2.24) is 34.6 Å². The molecule has 120 valence electrons. The standard InChI is InChI=1S/C15H20N8/c1-15(2,3)14-20-19-12-7-6-11(21-23(12)14)18-10-5-4-8-22-13(10)16-9-17-22/h6-7,9-10H,4-5,8H2,1-3H3,(H,18,21). The molecule has 0 aromatic carbocycles. The van der Waals surface area contributed by atoms with E-state index in [1.54, 1.807) is 6.33 Å². The van der Waals surface area contributed by atoms with Crippen LogP contribution in [0.4, 0.5) is 5.82 Å². The Hall–Kier alpha value is -2.51. The Morgan fingerprint density at radius 1 is 1.22 bits per heavy atom. The van der Waals surface area contributed by atoms with Crippen LogP contribution in [0.1, 0.15) is 51.3 Å². The molecule has 0 fully saturated rings. The predicted octanol–water partition coefficient (Wildman–Crippen LogP) is 1.96. The highest BCUT2D eigenvalue weighted by molar-refractivity contribution is 5.45. The third kappa shape index (κ3) is 2.43. The van der Waals surface area contributed by atoms with Gasteiger partial charge >= 0.3 is 0 Å². The van der Waals surface area contributed by atoms with Gasteiger partial charge in [0, 0.05) is 12.0 Å². The van der Waals surface area contributed by atoms with Gasteiger partial charge in [-0.2, -0.15) is 9.61 Å². The molecule has 1 atom stereocenters. The van der Waals surface area contributed by atoms with Crippen LogP contribution in [-0.2, 0) is 12.0 Å². The lowest BCUT2D eigenvalue weighted by Crippen LogP contribution is -2.23. The van der Waals surface area contributed by atoms with Crippen molar-refractivity contribution < 1.29 is 0 Å². The molecule has 0 radical (unpaired) electrons. The van der Waals surface area contributed by atoms with Gasteiger partial charge in [-0.25, -0.2) is 9.67 Å². The normalized spacial score (nSPS) is 18.1. The van der Waals surface area contributed by atoms with Crippen LogP contribution in [0.15, 0.2) is 18.5 Å². The second-order valence-electron chi connectivity index (χ2n) is 6.94. The van der Waals surface area contributed by atoms with Gasteiger partial charge in [0.15, 0.2) is 11.5 Å². The Morgan fingerprint density at radius 2 is 2.09 bits per heavy atom. The van der Waals surface area contributed by atoms with E-state index in [0.29, 0.717) is 0 Å². The van der Waals surface area contributed by atoms with Gasteiger partial charge in [0.05, 0.1) is 6.04 Å². The smallest absolute Gasteiger partial charge is 0.178 e. The number of hydrogen-bond acceptors (Lipinski definition) is 6. The van der Waals surface area contributed by atoms with Crippen molar-refractivity contribution in [3.8, 4) is 0 Å². The predicted molar refractivity (Wildman–Crippen MR) is 85.1 cm³/mol. The van der Waals surface area contributed by atoms with Gasteiger partial charge in [0.25, 0.3) is 0 Å². The van der Waals surface area contributed by atoms with Crippen LogP contribution in [0.2, 0.25) is 0 Å². The molecule has 0 aliphatic carbocycles. The van der Waals surface area contributed by atoms with Crippen molar-refractivity contribution in [2.45, 2.75) is 51.6 Å². The van der Waals surface area contributed by atoms with Gasteiger partial charge in [-0.3, -0.25) is 0 Å². The molecule has 3 aromatic heterocycles. The zero-order chi connectivity index (χ0) is 16.0. The molecule has 8 nitrogen and oxygen atoms in total. The minimum Gasteiger partial charge on any atom is -0.359 e. The maximum Gasteiger partial charge on any atom is 0.178 e. The molecule has 0 saturated carbocycles. The molecule has 8 heteroatoms. The number of anilines is 1. The first-order valence-corrected chi connectivity index (χ1v) is 7.89. The summed E-state index contributed by atoms with van der Waals surface area (Å²) in [4.78, 5) is 4.37. The average molecular weight is 312 g/mol. The molecular weight excluding hydrogens is 292 g/mol. The maximum atomic E-state index is 4.68. The van der Waals surface area contributed by atoms with E-state index in [1.165, 1.54) is 0 Å². The van der Waals surface area contributed by atoms with E-state index in [2.05, 4.69) is 51.5 Å². The third-order valence-corrected chi connectivity index (χ3v) is 4.08. The number of nitrogens with zero attached hydrogens (tertiary/aromatic N) is 7. The molecule has 4 heterocycles. The summed E-state index contributed by atoms with van der Waals surface area (Å²) < 4.78 is 3.77. The molecule has 3 aromatic rings. The van der Waals surface area contributed by atoms with Crippen LogP contribution in [0.25, 0.3) is 5.65 Å². The Balaban J connectivity index is 1.68. The highest BCUT2D eigenvalue weighted by atomic mass is 15.4.